The van der Waals surface area contributed by atoms with E-state index in [2.05, 4.69) is 24.8 Å². The van der Waals surface area contributed by atoms with Crippen LogP contribution in [0.3, 0.4) is 0 Å². The average molecular weight is 565 g/mol. The van der Waals surface area contributed by atoms with Crippen molar-refractivity contribution in [3.05, 3.63) is 55.7 Å². The van der Waals surface area contributed by atoms with E-state index >= 15 is 0 Å². The first-order valence-corrected chi connectivity index (χ1v) is 14.6. The maximum Gasteiger partial charge on any atom is 0.270 e. The lowest BCUT2D eigenvalue weighted by Gasteiger charge is -2.36. The summed E-state index contributed by atoms with van der Waals surface area (Å²) in [6.45, 7) is 8.78. The van der Waals surface area contributed by atoms with E-state index in [4.69, 9.17) is 21.7 Å². The van der Waals surface area contributed by atoms with Gasteiger partial charge in [-0.25, -0.2) is 0 Å². The predicted octanol–water partition coefficient (Wildman–Crippen LogP) is 5.19. The first-order chi connectivity index (χ1) is 18.8. The zero-order valence-electron chi connectivity index (χ0n) is 22.5. The topological polar surface area (TPSA) is 87.8 Å². The van der Waals surface area contributed by atoms with Crippen LogP contribution in [0.2, 0.25) is 0 Å². The largest absolute Gasteiger partial charge is 0.454 e. The molecular weight excluding hydrogens is 532 g/mol. The van der Waals surface area contributed by atoms with Gasteiger partial charge in [-0.15, -0.1) is 0 Å². The second-order valence-corrected chi connectivity index (χ2v) is 12.0. The maximum absolute atomic E-state index is 13.6. The molecule has 2 aromatic rings. The third kappa shape index (κ3) is 5.30. The van der Waals surface area contributed by atoms with E-state index in [0.717, 1.165) is 55.7 Å². The summed E-state index contributed by atoms with van der Waals surface area (Å²) in [4.78, 5) is 31.5. The molecule has 0 saturated carbocycles. The Morgan fingerprint density at radius 3 is 2.79 bits per heavy atom. The van der Waals surface area contributed by atoms with E-state index in [9.17, 15) is 14.9 Å². The summed E-state index contributed by atoms with van der Waals surface area (Å²) >= 11 is 6.87. The van der Waals surface area contributed by atoms with Crippen LogP contribution in [0.4, 0.5) is 5.82 Å². The molecule has 1 unspecified atom stereocenters. The molecule has 0 N–H and O–H groups in total. The molecule has 10 heteroatoms. The van der Waals surface area contributed by atoms with Crippen molar-refractivity contribution >= 4 is 46.1 Å². The number of nitriles is 1. The number of rotatable bonds is 7. The minimum atomic E-state index is -0.260. The molecule has 0 bridgehead atoms. The molecule has 5 rings (SSSR count). The minimum Gasteiger partial charge on any atom is -0.454 e. The molecule has 8 nitrogen and oxygen atoms in total. The number of hydrogen-bond donors (Lipinski definition) is 0. The van der Waals surface area contributed by atoms with Gasteiger partial charge in [0.05, 0.1) is 11.4 Å². The van der Waals surface area contributed by atoms with Crippen molar-refractivity contribution in [2.24, 2.45) is 5.92 Å². The zero-order chi connectivity index (χ0) is 27.7. The number of ether oxygens (including phenoxy) is 2. The Labute approximate surface area is 238 Å². The number of benzene rings is 1. The van der Waals surface area contributed by atoms with Gasteiger partial charge in [0.25, 0.3) is 11.5 Å². The number of amides is 1. The highest BCUT2D eigenvalue weighted by Gasteiger charge is 2.34. The number of aromatic nitrogens is 1. The molecule has 2 saturated heterocycles. The van der Waals surface area contributed by atoms with Gasteiger partial charge in [0, 0.05) is 25.2 Å². The Balaban J connectivity index is 1.56. The quantitative estimate of drug-likeness (QED) is 0.335. The van der Waals surface area contributed by atoms with Gasteiger partial charge in [-0.1, -0.05) is 50.3 Å². The highest BCUT2D eigenvalue weighted by molar-refractivity contribution is 8.26. The van der Waals surface area contributed by atoms with Crippen LogP contribution in [0.1, 0.15) is 61.8 Å². The van der Waals surface area contributed by atoms with E-state index < -0.39 is 0 Å². The fraction of sp³-hybridized carbons (Fsp3) is 0.448. The number of thiocarbonyl (C=S) groups is 1. The zero-order valence-corrected chi connectivity index (χ0v) is 24.1. The normalized spacial score (nSPS) is 19.7. The Morgan fingerprint density at radius 2 is 2.05 bits per heavy atom. The maximum atomic E-state index is 13.6. The number of carbonyl (C=O) groups excluding carboxylic acids is 1. The summed E-state index contributed by atoms with van der Waals surface area (Å²) in [5.41, 5.74) is 2.10. The Kier molecular flexibility index (Phi) is 8.01. The number of unbranched alkanes of at least 4 members (excludes halogenated alkanes) is 1. The summed E-state index contributed by atoms with van der Waals surface area (Å²) in [7, 11) is 0. The lowest BCUT2D eigenvalue weighted by molar-refractivity contribution is -0.122. The van der Waals surface area contributed by atoms with Crippen LogP contribution < -0.4 is 19.9 Å². The molecule has 1 amide bonds. The van der Waals surface area contributed by atoms with Gasteiger partial charge < -0.3 is 14.4 Å². The van der Waals surface area contributed by atoms with Crippen LogP contribution in [0.5, 0.6) is 11.5 Å². The fourth-order valence-corrected chi connectivity index (χ4v) is 6.62. The first kappa shape index (κ1) is 27.3. The number of hydrogen-bond acceptors (Lipinski definition) is 8. The van der Waals surface area contributed by atoms with E-state index in [1.807, 2.05) is 24.3 Å². The molecule has 0 spiro atoms. The van der Waals surface area contributed by atoms with Crippen molar-refractivity contribution in [2.75, 3.05) is 24.8 Å². The molecule has 2 fully saturated rings. The molecule has 4 heterocycles. The predicted molar refractivity (Wildman–Crippen MR) is 157 cm³/mol. The van der Waals surface area contributed by atoms with E-state index in [0.29, 0.717) is 45.3 Å². The number of pyridine rings is 1. The number of anilines is 1. The Morgan fingerprint density at radius 1 is 1.26 bits per heavy atom. The monoisotopic (exact) mass is 564 g/mol. The molecule has 3 aliphatic heterocycles. The molecular formula is C29H32N4O4S2. The van der Waals surface area contributed by atoms with Crippen LogP contribution in [0.15, 0.2) is 27.9 Å². The molecule has 1 atom stereocenters. The number of fused-ring (bicyclic) bond motifs is 1. The van der Waals surface area contributed by atoms with Crippen LogP contribution in [-0.2, 0) is 17.9 Å². The van der Waals surface area contributed by atoms with Gasteiger partial charge in [-0.2, -0.15) is 5.26 Å². The van der Waals surface area contributed by atoms with Gasteiger partial charge >= 0.3 is 0 Å². The van der Waals surface area contributed by atoms with Gasteiger partial charge in [-0.05, 0) is 61.4 Å². The summed E-state index contributed by atoms with van der Waals surface area (Å²) in [5.74, 6) is 2.44. The molecule has 0 aliphatic carbocycles. The van der Waals surface area contributed by atoms with Crippen molar-refractivity contribution in [1.29, 1.82) is 5.26 Å². The summed E-state index contributed by atoms with van der Waals surface area (Å²) in [5, 5.41) is 9.93. The molecule has 3 aliphatic rings. The lowest BCUT2D eigenvalue weighted by atomic mass is 9.98. The van der Waals surface area contributed by atoms with E-state index in [1.165, 1.54) is 11.8 Å². The van der Waals surface area contributed by atoms with E-state index in [-0.39, 0.29) is 23.8 Å². The highest BCUT2D eigenvalue weighted by atomic mass is 32.2. The van der Waals surface area contributed by atoms with Gasteiger partial charge in [0.2, 0.25) is 6.79 Å². The third-order valence-electron chi connectivity index (χ3n) is 7.46. The third-order valence-corrected chi connectivity index (χ3v) is 8.84. The molecule has 1 aromatic heterocycles. The standard InChI is InChI=1S/C29H32N4O4S2/c1-4-5-11-32-26(31-10-6-7-18(2)15-31)21(19(3)22(14-30)27(32)34)13-25-28(35)33(29(38)39-25)16-20-8-9-23-24(12-20)37-17-36-23/h8-9,12-13,18H,4-7,10-11,15-17H2,1-3H3. The van der Waals surface area contributed by atoms with Crippen molar-refractivity contribution in [3.63, 3.8) is 0 Å². The number of thioether (sulfide) groups is 1. The van der Waals surface area contributed by atoms with Crippen molar-refractivity contribution in [2.45, 2.75) is 59.5 Å². The lowest BCUT2D eigenvalue weighted by Crippen LogP contribution is -2.40. The summed E-state index contributed by atoms with van der Waals surface area (Å²) in [6, 6.07) is 7.74. The van der Waals surface area contributed by atoms with Crippen LogP contribution in [0, 0.1) is 24.2 Å². The smallest absolute Gasteiger partial charge is 0.270 e. The summed E-state index contributed by atoms with van der Waals surface area (Å²) < 4.78 is 13.1. The van der Waals surface area contributed by atoms with Gasteiger partial charge in [-0.3, -0.25) is 19.1 Å². The van der Waals surface area contributed by atoms with Crippen molar-refractivity contribution < 1.29 is 14.3 Å². The second-order valence-electron chi connectivity index (χ2n) is 10.3. The Hall–Kier alpha value is -3.29. The summed E-state index contributed by atoms with van der Waals surface area (Å²) in [6.07, 6.45) is 5.75. The van der Waals surface area contributed by atoms with Crippen molar-refractivity contribution in [3.8, 4) is 17.6 Å². The average Bonchev–Trinajstić information content (AvgIpc) is 3.49. The molecule has 1 aromatic carbocycles. The molecule has 39 heavy (non-hydrogen) atoms. The SMILES string of the molecule is CCCCn1c(N2CCCC(C)C2)c(C=C2SC(=S)N(Cc3ccc4c(c3)OCO4)C2=O)c(C)c(C#N)c1=O. The second kappa shape index (κ2) is 11.4. The minimum absolute atomic E-state index is 0.127. The van der Waals surface area contributed by atoms with Crippen LogP contribution >= 0.6 is 24.0 Å². The molecule has 0 radical (unpaired) electrons. The number of carbonyl (C=O) groups is 1. The fourth-order valence-electron chi connectivity index (χ4n) is 5.38. The first-order valence-electron chi connectivity index (χ1n) is 13.4. The number of piperidine rings is 1. The van der Waals surface area contributed by atoms with Crippen LogP contribution in [0.25, 0.3) is 6.08 Å². The Bertz CT molecular complexity index is 1460. The van der Waals surface area contributed by atoms with Crippen LogP contribution in [-0.4, -0.2) is 39.6 Å². The van der Waals surface area contributed by atoms with Crippen molar-refractivity contribution in [1.82, 2.24) is 9.47 Å². The van der Waals surface area contributed by atoms with Gasteiger partial charge in [0.1, 0.15) is 21.8 Å². The highest BCUT2D eigenvalue weighted by Crippen LogP contribution is 2.38. The number of nitrogens with zero attached hydrogens (tertiary/aromatic N) is 4. The molecule has 204 valence electrons. The van der Waals surface area contributed by atoms with Gasteiger partial charge in [0.15, 0.2) is 11.5 Å². The van der Waals surface area contributed by atoms with E-state index in [1.54, 1.807) is 16.4 Å².